The number of carbonyl (C=O) groups excluding carboxylic acids is 1. The zero-order chi connectivity index (χ0) is 18.8. The van der Waals surface area contributed by atoms with E-state index in [0.717, 1.165) is 0 Å². The molecule has 0 bridgehead atoms. The topological polar surface area (TPSA) is 92.8 Å². The van der Waals surface area contributed by atoms with Gasteiger partial charge in [0.25, 0.3) is 11.5 Å². The number of H-pyrrole nitrogens is 1. The number of amides is 1. The molecule has 0 fully saturated rings. The van der Waals surface area contributed by atoms with Crippen molar-refractivity contribution in [2.45, 2.75) is 6.54 Å². The third-order valence-electron chi connectivity index (χ3n) is 4.39. The average molecular weight is 366 g/mol. The van der Waals surface area contributed by atoms with Gasteiger partial charge in [-0.05, 0) is 24.3 Å². The van der Waals surface area contributed by atoms with Crippen LogP contribution in [-0.2, 0) is 11.3 Å². The summed E-state index contributed by atoms with van der Waals surface area (Å²) in [7, 11) is 1.58. The second-order valence-corrected chi connectivity index (χ2v) is 6.09. The standard InChI is InChI=1S/C19H18N4O4/c1-26-10-8-22(12-13-5-4-9-27-13)19(25)15-11-20-23-16-7-3-2-6-14(16)18(24)21-17(15)23/h2-7,9,11H,8,10,12H2,1H3,(H,21,24). The Balaban J connectivity index is 1.77. The minimum atomic E-state index is -0.262. The quantitative estimate of drug-likeness (QED) is 0.564. The Bertz CT molecular complexity index is 1140. The summed E-state index contributed by atoms with van der Waals surface area (Å²) in [5.74, 6) is 0.402. The summed E-state index contributed by atoms with van der Waals surface area (Å²) in [6.45, 7) is 1.06. The summed E-state index contributed by atoms with van der Waals surface area (Å²) < 4.78 is 12.1. The number of hydrogen-bond donors (Lipinski definition) is 1. The first kappa shape index (κ1) is 17.0. The molecule has 0 saturated carbocycles. The van der Waals surface area contributed by atoms with Crippen molar-refractivity contribution >= 4 is 22.5 Å². The van der Waals surface area contributed by atoms with Crippen LogP contribution in [0.2, 0.25) is 0 Å². The number of ether oxygens (including phenoxy) is 1. The number of aromatic amines is 1. The summed E-state index contributed by atoms with van der Waals surface area (Å²) in [6.07, 6.45) is 3.04. The molecule has 27 heavy (non-hydrogen) atoms. The highest BCUT2D eigenvalue weighted by Gasteiger charge is 2.22. The highest BCUT2D eigenvalue weighted by Crippen LogP contribution is 2.17. The molecule has 4 rings (SSSR count). The number of furan rings is 1. The second kappa shape index (κ2) is 7.08. The van der Waals surface area contributed by atoms with Crippen LogP contribution in [0.1, 0.15) is 16.1 Å². The van der Waals surface area contributed by atoms with Gasteiger partial charge in [0.1, 0.15) is 17.0 Å². The number of para-hydroxylation sites is 1. The Morgan fingerprint density at radius 3 is 2.93 bits per heavy atom. The van der Waals surface area contributed by atoms with Crippen LogP contribution in [0.5, 0.6) is 0 Å². The number of nitrogens with one attached hydrogen (secondary N) is 1. The number of nitrogens with zero attached hydrogens (tertiary/aromatic N) is 3. The number of hydrogen-bond acceptors (Lipinski definition) is 5. The predicted octanol–water partition coefficient (Wildman–Crippen LogP) is 2.06. The van der Waals surface area contributed by atoms with Gasteiger partial charge < -0.3 is 19.0 Å². The lowest BCUT2D eigenvalue weighted by atomic mass is 10.2. The predicted molar refractivity (Wildman–Crippen MR) is 98.6 cm³/mol. The lowest BCUT2D eigenvalue weighted by Gasteiger charge is -2.20. The lowest BCUT2D eigenvalue weighted by Crippen LogP contribution is -2.33. The summed E-state index contributed by atoms with van der Waals surface area (Å²) >= 11 is 0. The Kier molecular flexibility index (Phi) is 4.47. The average Bonchev–Trinajstić information content (AvgIpc) is 3.34. The molecule has 3 aromatic heterocycles. The molecule has 0 saturated heterocycles. The van der Waals surface area contributed by atoms with E-state index in [9.17, 15) is 9.59 Å². The van der Waals surface area contributed by atoms with Crippen LogP contribution >= 0.6 is 0 Å². The van der Waals surface area contributed by atoms with E-state index in [1.807, 2.05) is 6.07 Å². The number of aromatic nitrogens is 3. The Labute approximate surface area is 154 Å². The van der Waals surface area contributed by atoms with Crippen molar-refractivity contribution in [3.05, 3.63) is 70.5 Å². The van der Waals surface area contributed by atoms with Crippen molar-refractivity contribution in [3.8, 4) is 0 Å². The van der Waals surface area contributed by atoms with E-state index < -0.39 is 0 Å². The molecule has 0 atom stereocenters. The van der Waals surface area contributed by atoms with Crippen molar-refractivity contribution in [2.75, 3.05) is 20.3 Å². The number of rotatable bonds is 6. The van der Waals surface area contributed by atoms with Crippen LogP contribution in [0, 0.1) is 0 Å². The second-order valence-electron chi connectivity index (χ2n) is 6.09. The monoisotopic (exact) mass is 366 g/mol. The molecule has 1 N–H and O–H groups in total. The molecule has 138 valence electrons. The zero-order valence-corrected chi connectivity index (χ0v) is 14.7. The summed E-state index contributed by atoms with van der Waals surface area (Å²) in [6, 6.07) is 10.7. The van der Waals surface area contributed by atoms with Gasteiger partial charge in [-0.25, -0.2) is 4.52 Å². The van der Waals surface area contributed by atoms with E-state index >= 15 is 0 Å². The van der Waals surface area contributed by atoms with Crippen molar-refractivity contribution < 1.29 is 13.9 Å². The minimum Gasteiger partial charge on any atom is -0.467 e. The largest absolute Gasteiger partial charge is 0.467 e. The van der Waals surface area contributed by atoms with Crippen LogP contribution < -0.4 is 5.56 Å². The molecular formula is C19H18N4O4. The first-order chi connectivity index (χ1) is 13.2. The van der Waals surface area contributed by atoms with Crippen LogP contribution in [0.15, 0.2) is 58.1 Å². The van der Waals surface area contributed by atoms with E-state index in [-0.39, 0.29) is 11.5 Å². The normalized spacial score (nSPS) is 11.3. The fraction of sp³-hybridized carbons (Fsp3) is 0.211. The molecule has 0 aliphatic heterocycles. The number of benzene rings is 1. The molecule has 8 heteroatoms. The molecule has 1 amide bonds. The van der Waals surface area contributed by atoms with Crippen LogP contribution in [0.25, 0.3) is 16.6 Å². The van der Waals surface area contributed by atoms with E-state index in [2.05, 4.69) is 10.1 Å². The zero-order valence-electron chi connectivity index (χ0n) is 14.7. The van der Waals surface area contributed by atoms with Crippen molar-refractivity contribution in [3.63, 3.8) is 0 Å². The van der Waals surface area contributed by atoms with Gasteiger partial charge in [0.2, 0.25) is 0 Å². The fourth-order valence-electron chi connectivity index (χ4n) is 3.05. The molecular weight excluding hydrogens is 348 g/mol. The molecule has 0 aliphatic carbocycles. The van der Waals surface area contributed by atoms with Gasteiger partial charge in [-0.1, -0.05) is 12.1 Å². The van der Waals surface area contributed by atoms with Crippen LogP contribution in [-0.4, -0.2) is 45.7 Å². The van der Waals surface area contributed by atoms with E-state index in [1.54, 1.807) is 53.1 Å². The van der Waals surface area contributed by atoms with Gasteiger partial charge in [0.15, 0.2) is 0 Å². The van der Waals surface area contributed by atoms with Crippen LogP contribution in [0.3, 0.4) is 0 Å². The Morgan fingerprint density at radius 1 is 1.30 bits per heavy atom. The third kappa shape index (κ3) is 3.11. The molecule has 4 aromatic rings. The number of methoxy groups -OCH3 is 1. The lowest BCUT2D eigenvalue weighted by molar-refractivity contribution is 0.0668. The summed E-state index contributed by atoms with van der Waals surface area (Å²) in [4.78, 5) is 29.9. The number of fused-ring (bicyclic) bond motifs is 3. The maximum absolute atomic E-state index is 13.2. The molecule has 8 nitrogen and oxygen atoms in total. The van der Waals surface area contributed by atoms with E-state index in [4.69, 9.17) is 9.15 Å². The van der Waals surface area contributed by atoms with Gasteiger partial charge in [0.05, 0.1) is 36.5 Å². The Hall–Kier alpha value is -3.39. The third-order valence-corrected chi connectivity index (χ3v) is 4.39. The maximum Gasteiger partial charge on any atom is 0.259 e. The molecule has 0 spiro atoms. The van der Waals surface area contributed by atoms with Gasteiger partial charge in [0, 0.05) is 13.7 Å². The van der Waals surface area contributed by atoms with Crippen molar-refractivity contribution in [2.24, 2.45) is 0 Å². The highest BCUT2D eigenvalue weighted by atomic mass is 16.5. The molecule has 0 unspecified atom stereocenters. The first-order valence-electron chi connectivity index (χ1n) is 8.48. The highest BCUT2D eigenvalue weighted by molar-refractivity contribution is 6.00. The molecule has 0 aliphatic rings. The first-order valence-corrected chi connectivity index (χ1v) is 8.48. The van der Waals surface area contributed by atoms with E-state index in [0.29, 0.717) is 47.6 Å². The van der Waals surface area contributed by atoms with Gasteiger partial charge in [-0.2, -0.15) is 5.10 Å². The van der Waals surface area contributed by atoms with Gasteiger partial charge in [-0.3, -0.25) is 9.59 Å². The summed E-state index contributed by atoms with van der Waals surface area (Å²) in [5.41, 5.74) is 1.07. The fourth-order valence-corrected chi connectivity index (χ4v) is 3.05. The van der Waals surface area contributed by atoms with Gasteiger partial charge >= 0.3 is 0 Å². The Morgan fingerprint density at radius 2 is 2.15 bits per heavy atom. The van der Waals surface area contributed by atoms with Crippen molar-refractivity contribution in [1.29, 1.82) is 0 Å². The van der Waals surface area contributed by atoms with Crippen molar-refractivity contribution in [1.82, 2.24) is 19.5 Å². The smallest absolute Gasteiger partial charge is 0.259 e. The molecule has 3 heterocycles. The SMILES string of the molecule is COCCN(Cc1ccco1)C(=O)c1cnn2c1[nH]c(=O)c1ccccc12. The van der Waals surface area contributed by atoms with Gasteiger partial charge in [-0.15, -0.1) is 0 Å². The molecule has 1 aromatic carbocycles. The van der Waals surface area contributed by atoms with E-state index in [1.165, 1.54) is 6.20 Å². The minimum absolute atomic E-state index is 0.260. The maximum atomic E-state index is 13.2. The summed E-state index contributed by atoms with van der Waals surface area (Å²) in [5, 5.41) is 4.83. The number of carbonyl (C=O) groups is 1. The van der Waals surface area contributed by atoms with Crippen LogP contribution in [0.4, 0.5) is 0 Å². The molecule has 0 radical (unpaired) electrons.